The number of hydrogen-bond donors (Lipinski definition) is 1. The Balaban J connectivity index is 1.58. The predicted molar refractivity (Wildman–Crippen MR) is 80.3 cm³/mol. The molecular formula is C17H16ClNO. The number of rotatable bonds is 2. The maximum atomic E-state index is 6.07. The minimum Gasteiger partial charge on any atom is -0.491 e. The third kappa shape index (κ3) is 2.00. The number of nitrogens with one attached hydrogen (secondary N) is 1. The standard InChI is InChI=1S/C17H16ClNO/c18-12-6-7-13-11(9-12)5-8-15(13)19-16-10-20-17-4-2-1-3-14(16)17/h1-4,6-7,9,15-16,19H,5,8,10H2. The van der Waals surface area contributed by atoms with Crippen LogP contribution in [0, 0.1) is 0 Å². The molecule has 4 rings (SSSR count). The van der Waals surface area contributed by atoms with E-state index in [1.54, 1.807) is 0 Å². The van der Waals surface area contributed by atoms with Gasteiger partial charge in [0, 0.05) is 16.6 Å². The highest BCUT2D eigenvalue weighted by Gasteiger charge is 2.29. The number of hydrogen-bond acceptors (Lipinski definition) is 2. The van der Waals surface area contributed by atoms with Gasteiger partial charge in [0.1, 0.15) is 12.4 Å². The van der Waals surface area contributed by atoms with Crippen LogP contribution in [-0.2, 0) is 6.42 Å². The molecule has 2 aromatic carbocycles. The zero-order valence-corrected chi connectivity index (χ0v) is 11.9. The minimum absolute atomic E-state index is 0.290. The molecule has 1 N–H and O–H groups in total. The molecule has 2 atom stereocenters. The Bertz CT molecular complexity index is 655. The van der Waals surface area contributed by atoms with Gasteiger partial charge >= 0.3 is 0 Å². The molecule has 0 aromatic heterocycles. The highest BCUT2D eigenvalue weighted by Crippen LogP contribution is 2.38. The number of aryl methyl sites for hydroxylation is 1. The SMILES string of the molecule is Clc1ccc2c(c1)CCC2NC1COc2ccccc21. The number of fused-ring (bicyclic) bond motifs is 2. The minimum atomic E-state index is 0.290. The fraction of sp³-hybridized carbons (Fsp3) is 0.294. The first-order valence-corrected chi connectivity index (χ1v) is 7.45. The first-order valence-electron chi connectivity index (χ1n) is 7.07. The molecule has 2 aromatic rings. The van der Waals surface area contributed by atoms with Crippen LogP contribution in [0.3, 0.4) is 0 Å². The maximum absolute atomic E-state index is 6.07. The number of para-hydroxylation sites is 1. The van der Waals surface area contributed by atoms with Gasteiger partial charge < -0.3 is 10.1 Å². The molecule has 1 aliphatic carbocycles. The largest absolute Gasteiger partial charge is 0.491 e. The van der Waals surface area contributed by atoms with Crippen LogP contribution in [0.15, 0.2) is 42.5 Å². The average Bonchev–Trinajstić information content (AvgIpc) is 3.04. The summed E-state index contributed by atoms with van der Waals surface area (Å²) in [5.41, 5.74) is 4.04. The van der Waals surface area contributed by atoms with Gasteiger partial charge in [0.15, 0.2) is 0 Å². The molecule has 102 valence electrons. The van der Waals surface area contributed by atoms with Crippen molar-refractivity contribution in [2.75, 3.05) is 6.61 Å². The fourth-order valence-electron chi connectivity index (χ4n) is 3.30. The third-order valence-corrected chi connectivity index (χ3v) is 4.52. The number of benzene rings is 2. The Hall–Kier alpha value is -1.51. The zero-order valence-electron chi connectivity index (χ0n) is 11.1. The summed E-state index contributed by atoms with van der Waals surface area (Å²) < 4.78 is 5.74. The molecule has 0 radical (unpaired) electrons. The molecule has 2 aliphatic rings. The van der Waals surface area contributed by atoms with Gasteiger partial charge in [0.2, 0.25) is 0 Å². The van der Waals surface area contributed by atoms with Crippen molar-refractivity contribution >= 4 is 11.6 Å². The molecule has 2 nitrogen and oxygen atoms in total. The van der Waals surface area contributed by atoms with Crippen LogP contribution in [-0.4, -0.2) is 6.61 Å². The summed E-state index contributed by atoms with van der Waals surface area (Å²) in [6, 6.07) is 15.2. The molecule has 0 spiro atoms. The summed E-state index contributed by atoms with van der Waals surface area (Å²) in [6.07, 6.45) is 2.23. The molecule has 0 bridgehead atoms. The summed E-state index contributed by atoms with van der Waals surface area (Å²) in [6.45, 7) is 0.721. The molecule has 0 amide bonds. The van der Waals surface area contributed by atoms with E-state index in [4.69, 9.17) is 16.3 Å². The zero-order chi connectivity index (χ0) is 13.5. The summed E-state index contributed by atoms with van der Waals surface area (Å²) >= 11 is 6.07. The second kappa shape index (κ2) is 4.80. The van der Waals surface area contributed by atoms with Crippen molar-refractivity contribution in [2.24, 2.45) is 0 Å². The van der Waals surface area contributed by atoms with E-state index < -0.39 is 0 Å². The van der Waals surface area contributed by atoms with Gasteiger partial charge in [-0.15, -0.1) is 0 Å². The van der Waals surface area contributed by atoms with E-state index in [0.29, 0.717) is 6.04 Å². The second-order valence-corrected chi connectivity index (χ2v) is 5.94. The van der Waals surface area contributed by atoms with Crippen LogP contribution in [0.25, 0.3) is 0 Å². The van der Waals surface area contributed by atoms with E-state index in [0.717, 1.165) is 30.2 Å². The lowest BCUT2D eigenvalue weighted by molar-refractivity contribution is 0.297. The Morgan fingerprint density at radius 1 is 1.05 bits per heavy atom. The molecular weight excluding hydrogens is 270 g/mol. The van der Waals surface area contributed by atoms with E-state index in [-0.39, 0.29) is 6.04 Å². The van der Waals surface area contributed by atoms with Gasteiger partial charge in [-0.05, 0) is 42.2 Å². The average molecular weight is 286 g/mol. The molecule has 20 heavy (non-hydrogen) atoms. The van der Waals surface area contributed by atoms with Crippen molar-refractivity contribution in [3.63, 3.8) is 0 Å². The summed E-state index contributed by atoms with van der Waals surface area (Å²) in [5, 5.41) is 4.57. The Morgan fingerprint density at radius 2 is 1.95 bits per heavy atom. The van der Waals surface area contributed by atoms with Crippen LogP contribution in [0.5, 0.6) is 5.75 Å². The van der Waals surface area contributed by atoms with Gasteiger partial charge in [0.05, 0.1) is 6.04 Å². The van der Waals surface area contributed by atoms with Crippen LogP contribution in [0.1, 0.15) is 35.2 Å². The second-order valence-electron chi connectivity index (χ2n) is 5.50. The summed E-state index contributed by atoms with van der Waals surface area (Å²) in [4.78, 5) is 0. The molecule has 0 saturated carbocycles. The Morgan fingerprint density at radius 3 is 2.90 bits per heavy atom. The van der Waals surface area contributed by atoms with Crippen molar-refractivity contribution in [1.29, 1.82) is 0 Å². The van der Waals surface area contributed by atoms with Gasteiger partial charge in [-0.2, -0.15) is 0 Å². The first-order chi connectivity index (χ1) is 9.81. The number of halogens is 1. The smallest absolute Gasteiger partial charge is 0.124 e. The molecule has 0 fully saturated rings. The fourth-order valence-corrected chi connectivity index (χ4v) is 3.50. The normalized spacial score (nSPS) is 23.2. The van der Waals surface area contributed by atoms with Crippen LogP contribution >= 0.6 is 11.6 Å². The van der Waals surface area contributed by atoms with Crippen molar-refractivity contribution in [3.8, 4) is 5.75 Å². The van der Waals surface area contributed by atoms with E-state index in [2.05, 4.69) is 29.6 Å². The maximum Gasteiger partial charge on any atom is 0.124 e. The molecule has 1 heterocycles. The van der Waals surface area contributed by atoms with Crippen molar-refractivity contribution < 1.29 is 4.74 Å². The van der Waals surface area contributed by atoms with Crippen molar-refractivity contribution in [2.45, 2.75) is 24.9 Å². The molecule has 0 saturated heterocycles. The van der Waals surface area contributed by atoms with Gasteiger partial charge in [0.25, 0.3) is 0 Å². The lowest BCUT2D eigenvalue weighted by atomic mass is 10.0. The predicted octanol–water partition coefficient (Wildman–Crippen LogP) is 4.05. The highest BCUT2D eigenvalue weighted by molar-refractivity contribution is 6.30. The monoisotopic (exact) mass is 285 g/mol. The lowest BCUT2D eigenvalue weighted by Crippen LogP contribution is -2.26. The van der Waals surface area contributed by atoms with E-state index in [1.165, 1.54) is 16.7 Å². The van der Waals surface area contributed by atoms with E-state index in [1.807, 2.05) is 18.2 Å². The van der Waals surface area contributed by atoms with Gasteiger partial charge in [-0.3, -0.25) is 0 Å². The van der Waals surface area contributed by atoms with Gasteiger partial charge in [-0.1, -0.05) is 35.9 Å². The topological polar surface area (TPSA) is 21.3 Å². The third-order valence-electron chi connectivity index (χ3n) is 4.29. The quantitative estimate of drug-likeness (QED) is 0.899. The van der Waals surface area contributed by atoms with Crippen molar-refractivity contribution in [3.05, 3.63) is 64.2 Å². The van der Waals surface area contributed by atoms with Crippen LogP contribution < -0.4 is 10.1 Å². The molecule has 2 unspecified atom stereocenters. The highest BCUT2D eigenvalue weighted by atomic mass is 35.5. The molecule has 1 aliphatic heterocycles. The first kappa shape index (κ1) is 12.2. The van der Waals surface area contributed by atoms with E-state index >= 15 is 0 Å². The van der Waals surface area contributed by atoms with Crippen molar-refractivity contribution in [1.82, 2.24) is 5.32 Å². The van der Waals surface area contributed by atoms with Crippen LogP contribution in [0.2, 0.25) is 5.02 Å². The van der Waals surface area contributed by atoms with E-state index in [9.17, 15) is 0 Å². The number of ether oxygens (including phenoxy) is 1. The Labute approximate surface area is 123 Å². The lowest BCUT2D eigenvalue weighted by Gasteiger charge is -2.19. The Kier molecular flexibility index (Phi) is 2.94. The summed E-state index contributed by atoms with van der Waals surface area (Å²) in [7, 11) is 0. The van der Waals surface area contributed by atoms with Gasteiger partial charge in [-0.25, -0.2) is 0 Å². The summed E-state index contributed by atoms with van der Waals surface area (Å²) in [5.74, 6) is 1.01. The molecule has 3 heteroatoms. The van der Waals surface area contributed by atoms with Crippen LogP contribution in [0.4, 0.5) is 0 Å².